The van der Waals surface area contributed by atoms with Crippen LogP contribution in [0.3, 0.4) is 0 Å². The minimum atomic E-state index is -4.04. The average Bonchev–Trinajstić information content (AvgIpc) is 3.31. The zero-order chi connectivity index (χ0) is 25.1. The zero-order valence-corrected chi connectivity index (χ0v) is 21.9. The maximum absolute atomic E-state index is 13.4. The van der Waals surface area contributed by atoms with E-state index in [9.17, 15) is 23.2 Å². The Kier molecular flexibility index (Phi) is 9.01. The summed E-state index contributed by atoms with van der Waals surface area (Å²) in [5, 5.41) is 12.0. The number of aromatic nitrogens is 1. The molecule has 10 nitrogen and oxygen atoms in total. The van der Waals surface area contributed by atoms with Crippen LogP contribution in [0.4, 0.5) is 0 Å². The molecule has 0 unspecified atom stereocenters. The summed E-state index contributed by atoms with van der Waals surface area (Å²) < 4.78 is 30.5. The highest BCUT2D eigenvalue weighted by atomic mass is 35.5. The molecule has 2 heterocycles. The Balaban J connectivity index is 0.00000361. The summed E-state index contributed by atoms with van der Waals surface area (Å²) in [6.45, 7) is 1.21. The van der Waals surface area contributed by atoms with Gasteiger partial charge in [0.05, 0.1) is 4.90 Å². The second-order valence-corrected chi connectivity index (χ2v) is 11.7. The van der Waals surface area contributed by atoms with Crippen molar-refractivity contribution in [2.24, 2.45) is 0 Å². The van der Waals surface area contributed by atoms with Crippen molar-refractivity contribution in [2.45, 2.75) is 27.4 Å². The average molecular weight is 555 g/mol. The number of thioether (sulfide) groups is 1. The molecule has 0 bridgehead atoms. The van der Waals surface area contributed by atoms with Crippen LogP contribution in [-0.4, -0.2) is 72.5 Å². The number of sulfone groups is 1. The highest BCUT2D eigenvalue weighted by molar-refractivity contribution is 7.99. The van der Waals surface area contributed by atoms with Crippen LogP contribution >= 0.6 is 24.2 Å². The molecular formula is C23H27ClN4O6S2. The molecule has 0 spiro atoms. The van der Waals surface area contributed by atoms with E-state index in [0.29, 0.717) is 36.5 Å². The second-order valence-electron chi connectivity index (χ2n) is 8.30. The number of nitrogens with one attached hydrogen (secondary N) is 2. The number of oxazole rings is 1. The normalized spacial score (nSPS) is 15.7. The number of halogens is 1. The van der Waals surface area contributed by atoms with E-state index >= 15 is 0 Å². The Bertz CT molecular complexity index is 1290. The molecule has 2 amide bonds. The van der Waals surface area contributed by atoms with Crippen LogP contribution in [0.5, 0.6) is 0 Å². The van der Waals surface area contributed by atoms with Crippen LogP contribution in [-0.2, 0) is 14.6 Å². The van der Waals surface area contributed by atoms with Crippen LogP contribution in [0.15, 0.2) is 62.7 Å². The van der Waals surface area contributed by atoms with Gasteiger partial charge in [0.1, 0.15) is 5.52 Å². The quantitative estimate of drug-likeness (QED) is 0.166. The molecule has 0 aliphatic carbocycles. The second kappa shape index (κ2) is 11.6. The Morgan fingerprint density at radius 3 is 2.44 bits per heavy atom. The van der Waals surface area contributed by atoms with E-state index in [-0.39, 0.29) is 36.0 Å². The number of carbonyl (C=O) groups excluding carboxylic acids is 2. The van der Waals surface area contributed by atoms with E-state index in [2.05, 4.69) is 10.3 Å². The first-order chi connectivity index (χ1) is 16.8. The maximum Gasteiger partial charge on any atom is 0.307 e. The van der Waals surface area contributed by atoms with Gasteiger partial charge in [-0.2, -0.15) is 0 Å². The zero-order valence-electron chi connectivity index (χ0n) is 19.5. The lowest BCUT2D eigenvalue weighted by molar-refractivity contribution is -0.133. The van der Waals surface area contributed by atoms with Gasteiger partial charge in [0.15, 0.2) is 20.2 Å². The molecule has 3 N–H and O–H groups in total. The van der Waals surface area contributed by atoms with Crippen molar-refractivity contribution in [3.8, 4) is 0 Å². The SMILES string of the molecule is CN1CCC(C(=O)NO)(S(=O)(=O)c2ccc(SCCNC(=O)c3nc4ccccc4o3)cc2)CC1.Cl. The van der Waals surface area contributed by atoms with Crippen LogP contribution < -0.4 is 10.8 Å². The van der Waals surface area contributed by atoms with E-state index < -0.39 is 26.4 Å². The molecule has 2 aromatic carbocycles. The van der Waals surface area contributed by atoms with E-state index in [1.165, 1.54) is 23.9 Å². The Labute approximate surface area is 219 Å². The van der Waals surface area contributed by atoms with Gasteiger partial charge in [-0.25, -0.2) is 18.9 Å². The lowest BCUT2D eigenvalue weighted by Crippen LogP contribution is -2.57. The molecule has 0 radical (unpaired) electrons. The molecule has 1 aliphatic heterocycles. The molecule has 1 aromatic heterocycles. The molecule has 36 heavy (non-hydrogen) atoms. The predicted octanol–water partition coefficient (Wildman–Crippen LogP) is 2.52. The number of piperidine rings is 1. The van der Waals surface area contributed by atoms with Crippen LogP contribution in [0, 0.1) is 0 Å². The summed E-state index contributed by atoms with van der Waals surface area (Å²) in [5.41, 5.74) is 2.71. The number of benzene rings is 2. The van der Waals surface area contributed by atoms with Crippen LogP contribution in [0.1, 0.15) is 23.5 Å². The third kappa shape index (κ3) is 5.52. The van der Waals surface area contributed by atoms with Crippen LogP contribution in [0.2, 0.25) is 0 Å². The van der Waals surface area contributed by atoms with Crippen LogP contribution in [0.25, 0.3) is 11.1 Å². The van der Waals surface area contributed by atoms with Crippen molar-refractivity contribution in [2.75, 3.05) is 32.4 Å². The molecule has 3 aromatic rings. The van der Waals surface area contributed by atoms with E-state index in [4.69, 9.17) is 4.42 Å². The van der Waals surface area contributed by atoms with Gasteiger partial charge in [-0.05, 0) is 69.4 Å². The van der Waals surface area contributed by atoms with Gasteiger partial charge in [0.2, 0.25) is 0 Å². The summed E-state index contributed by atoms with van der Waals surface area (Å²) >= 11 is 1.44. The lowest BCUT2D eigenvalue weighted by atomic mass is 9.95. The third-order valence-corrected chi connectivity index (χ3v) is 9.63. The maximum atomic E-state index is 13.4. The van der Waals surface area contributed by atoms with E-state index in [1.54, 1.807) is 35.8 Å². The third-order valence-electron chi connectivity index (χ3n) is 6.10. The highest BCUT2D eigenvalue weighted by Crippen LogP contribution is 2.36. The number of hydrogen-bond acceptors (Lipinski definition) is 9. The minimum absolute atomic E-state index is 0. The summed E-state index contributed by atoms with van der Waals surface area (Å²) in [4.78, 5) is 31.7. The highest BCUT2D eigenvalue weighted by Gasteiger charge is 2.52. The Morgan fingerprint density at radius 1 is 1.14 bits per heavy atom. The van der Waals surface area contributed by atoms with Gasteiger partial charge >= 0.3 is 5.91 Å². The Morgan fingerprint density at radius 2 is 1.81 bits per heavy atom. The Hall–Kier alpha value is -2.64. The fraction of sp³-hybridized carbons (Fsp3) is 0.348. The van der Waals surface area contributed by atoms with Crippen molar-refractivity contribution in [3.63, 3.8) is 0 Å². The molecule has 1 saturated heterocycles. The number of para-hydroxylation sites is 2. The molecule has 1 fully saturated rings. The lowest BCUT2D eigenvalue weighted by Gasteiger charge is -2.38. The number of carbonyl (C=O) groups is 2. The number of hydrogen-bond donors (Lipinski definition) is 3. The summed E-state index contributed by atoms with van der Waals surface area (Å²) in [6, 6.07) is 13.4. The summed E-state index contributed by atoms with van der Waals surface area (Å²) in [6.07, 6.45) is 0.184. The smallest absolute Gasteiger partial charge is 0.307 e. The molecular weight excluding hydrogens is 528 g/mol. The topological polar surface area (TPSA) is 142 Å². The summed E-state index contributed by atoms with van der Waals surface area (Å²) in [7, 11) is -2.18. The van der Waals surface area contributed by atoms with Gasteiger partial charge in [-0.3, -0.25) is 14.8 Å². The van der Waals surface area contributed by atoms with Gasteiger partial charge in [0, 0.05) is 17.2 Å². The van der Waals surface area contributed by atoms with Gasteiger partial charge in [-0.15, -0.1) is 24.2 Å². The predicted molar refractivity (Wildman–Crippen MR) is 137 cm³/mol. The molecule has 0 saturated carbocycles. The number of hydroxylamine groups is 1. The monoisotopic (exact) mass is 554 g/mol. The molecule has 4 rings (SSSR count). The number of likely N-dealkylation sites (tertiary alicyclic amines) is 1. The van der Waals surface area contributed by atoms with Gasteiger partial charge < -0.3 is 14.6 Å². The van der Waals surface area contributed by atoms with Crippen molar-refractivity contribution >= 4 is 56.9 Å². The first kappa shape index (κ1) is 27.9. The van der Waals surface area contributed by atoms with Gasteiger partial charge in [-0.1, -0.05) is 12.1 Å². The number of rotatable bonds is 8. The fourth-order valence-electron chi connectivity index (χ4n) is 4.02. The number of amides is 2. The first-order valence-electron chi connectivity index (χ1n) is 11.0. The van der Waals surface area contributed by atoms with Crippen molar-refractivity contribution < 1.29 is 27.6 Å². The molecule has 194 valence electrons. The van der Waals surface area contributed by atoms with E-state index in [0.717, 1.165) is 4.90 Å². The first-order valence-corrected chi connectivity index (χ1v) is 13.5. The fourth-order valence-corrected chi connectivity index (χ4v) is 6.74. The van der Waals surface area contributed by atoms with Crippen molar-refractivity contribution in [1.29, 1.82) is 0 Å². The molecule has 1 aliphatic rings. The molecule has 0 atom stereocenters. The number of nitrogens with zero attached hydrogens (tertiary/aromatic N) is 2. The molecule has 13 heteroatoms. The largest absolute Gasteiger partial charge is 0.432 e. The van der Waals surface area contributed by atoms with Crippen molar-refractivity contribution in [3.05, 3.63) is 54.4 Å². The van der Waals surface area contributed by atoms with E-state index in [1.807, 2.05) is 18.0 Å². The standard InChI is InChI=1S/C23H26N4O6S2.ClH/c1-27-13-10-23(11-14-27,22(29)26-30)35(31,32)17-8-6-16(7-9-17)34-15-12-24-20(28)21-25-18-4-2-3-5-19(18)33-21;/h2-9,30H,10-15H2,1H3,(H,24,28)(H,26,29);1H. The summed E-state index contributed by atoms with van der Waals surface area (Å²) in [5.74, 6) is -0.769. The van der Waals surface area contributed by atoms with Gasteiger partial charge in [0.25, 0.3) is 11.8 Å². The number of fused-ring (bicyclic) bond motifs is 1. The minimum Gasteiger partial charge on any atom is -0.432 e. The van der Waals surface area contributed by atoms with Crippen molar-refractivity contribution in [1.82, 2.24) is 20.7 Å².